The van der Waals surface area contributed by atoms with Crippen LogP contribution in [0.15, 0.2) is 67.0 Å². The number of nitrogens with zero attached hydrogens (tertiary/aromatic N) is 4. The molecule has 0 bridgehead atoms. The largest absolute Gasteiger partial charge is 0.496 e. The average Bonchev–Trinajstić information content (AvgIpc) is 3.87. The van der Waals surface area contributed by atoms with Gasteiger partial charge < -0.3 is 23.8 Å². The normalized spacial score (nSPS) is 16.4. The monoisotopic (exact) mass is 744 g/mol. The second-order valence-corrected chi connectivity index (χ2v) is 14.7. The van der Waals surface area contributed by atoms with Crippen LogP contribution < -0.4 is 14.2 Å². The van der Waals surface area contributed by atoms with Gasteiger partial charge in [0.25, 0.3) is 0 Å². The first kappa shape index (κ1) is 36.1. The van der Waals surface area contributed by atoms with Crippen molar-refractivity contribution in [1.29, 1.82) is 0 Å². The molecule has 5 aromatic rings. The lowest BCUT2D eigenvalue weighted by atomic mass is 9.88. The molecule has 1 atom stereocenters. The lowest BCUT2D eigenvalue weighted by Gasteiger charge is -2.32. The number of likely N-dealkylation sites (N-methyl/N-ethyl adjacent to an activating group) is 1. The van der Waals surface area contributed by atoms with E-state index in [-0.39, 0.29) is 18.3 Å². The van der Waals surface area contributed by atoms with Crippen molar-refractivity contribution in [2.75, 3.05) is 60.1 Å². The number of carbonyl (C=O) groups excluding carboxylic acids is 1. The summed E-state index contributed by atoms with van der Waals surface area (Å²) in [4.78, 5) is 29.3. The topological polar surface area (TPSA) is 86.2 Å². The SMILES string of the molecule is CCOC(=O)C(Oc1ncnc2sc(-c3ccc(F)cc3)c(-c3ccc(OCCN4CCN(C)CC4)c(Cl)c3C)c12)C1(c2ccccc2OC)CC1. The smallest absolute Gasteiger partial charge is 0.348 e. The van der Waals surface area contributed by atoms with E-state index in [1.165, 1.54) is 29.8 Å². The van der Waals surface area contributed by atoms with E-state index >= 15 is 0 Å². The maximum Gasteiger partial charge on any atom is 0.348 e. The number of thiophene rings is 1. The Morgan fingerprint density at radius 2 is 1.77 bits per heavy atom. The van der Waals surface area contributed by atoms with Gasteiger partial charge in [0.1, 0.15) is 35.1 Å². The summed E-state index contributed by atoms with van der Waals surface area (Å²) >= 11 is 8.50. The molecule has 3 heterocycles. The number of hydrogen-bond acceptors (Lipinski definition) is 10. The third kappa shape index (κ3) is 7.07. The third-order valence-corrected chi connectivity index (χ3v) is 11.7. The number of carbonyl (C=O) groups is 1. The minimum absolute atomic E-state index is 0.194. The van der Waals surface area contributed by atoms with Gasteiger partial charge in [0.05, 0.1) is 24.1 Å². The average molecular weight is 745 g/mol. The number of benzene rings is 3. The molecule has 9 nitrogen and oxygen atoms in total. The molecule has 3 aromatic carbocycles. The van der Waals surface area contributed by atoms with Crippen LogP contribution >= 0.6 is 22.9 Å². The van der Waals surface area contributed by atoms with E-state index in [2.05, 4.69) is 26.8 Å². The van der Waals surface area contributed by atoms with Crippen LogP contribution in [0.1, 0.15) is 30.9 Å². The van der Waals surface area contributed by atoms with Gasteiger partial charge in [-0.15, -0.1) is 11.3 Å². The van der Waals surface area contributed by atoms with Gasteiger partial charge in [-0.3, -0.25) is 4.90 Å². The Balaban J connectivity index is 1.31. The molecular weight excluding hydrogens is 703 g/mol. The molecule has 2 aromatic heterocycles. The van der Waals surface area contributed by atoms with Gasteiger partial charge in [0.15, 0.2) is 0 Å². The fourth-order valence-electron chi connectivity index (χ4n) is 7.04. The molecule has 0 radical (unpaired) electrons. The third-order valence-electron chi connectivity index (χ3n) is 10.1. The molecule has 272 valence electrons. The first-order chi connectivity index (χ1) is 25.2. The van der Waals surface area contributed by atoms with Crippen LogP contribution in [-0.2, 0) is 14.9 Å². The van der Waals surface area contributed by atoms with Gasteiger partial charge >= 0.3 is 5.97 Å². The van der Waals surface area contributed by atoms with Crippen molar-refractivity contribution in [3.63, 3.8) is 0 Å². The van der Waals surface area contributed by atoms with Gasteiger partial charge in [0.2, 0.25) is 12.0 Å². The predicted octanol–water partition coefficient (Wildman–Crippen LogP) is 7.80. The van der Waals surface area contributed by atoms with Crippen LogP contribution in [-0.4, -0.2) is 91.9 Å². The zero-order valence-corrected chi connectivity index (χ0v) is 31.4. The van der Waals surface area contributed by atoms with Crippen LogP contribution in [0.2, 0.25) is 5.02 Å². The summed E-state index contributed by atoms with van der Waals surface area (Å²) in [6, 6.07) is 17.9. The minimum atomic E-state index is -1.01. The minimum Gasteiger partial charge on any atom is -0.496 e. The molecule has 0 spiro atoms. The van der Waals surface area contributed by atoms with Crippen molar-refractivity contribution in [3.05, 3.63) is 89.0 Å². The highest BCUT2D eigenvalue weighted by Gasteiger charge is 2.58. The van der Waals surface area contributed by atoms with E-state index < -0.39 is 17.5 Å². The van der Waals surface area contributed by atoms with Gasteiger partial charge in [-0.25, -0.2) is 19.2 Å². The molecule has 7 rings (SSSR count). The summed E-state index contributed by atoms with van der Waals surface area (Å²) < 4.78 is 38.5. The van der Waals surface area contributed by atoms with Crippen molar-refractivity contribution in [1.82, 2.24) is 19.8 Å². The van der Waals surface area contributed by atoms with Crippen LogP contribution in [0.4, 0.5) is 4.39 Å². The Morgan fingerprint density at radius 3 is 2.48 bits per heavy atom. The number of ether oxygens (including phenoxy) is 4. The second kappa shape index (κ2) is 15.4. The molecule has 1 unspecified atom stereocenters. The number of halogens is 2. The number of para-hydroxylation sites is 1. The predicted molar refractivity (Wildman–Crippen MR) is 202 cm³/mol. The number of rotatable bonds is 13. The number of aromatic nitrogens is 2. The Kier molecular flexibility index (Phi) is 10.7. The number of hydrogen-bond donors (Lipinski definition) is 0. The Morgan fingerprint density at radius 1 is 1.02 bits per heavy atom. The number of piperazine rings is 1. The van der Waals surface area contributed by atoms with Crippen molar-refractivity contribution in [2.45, 2.75) is 38.2 Å². The van der Waals surface area contributed by atoms with E-state index in [1.807, 2.05) is 43.3 Å². The zero-order chi connectivity index (χ0) is 36.4. The quantitative estimate of drug-likeness (QED) is 0.112. The van der Waals surface area contributed by atoms with Crippen LogP contribution in [0.5, 0.6) is 17.4 Å². The van der Waals surface area contributed by atoms with E-state index in [1.54, 1.807) is 26.2 Å². The molecule has 52 heavy (non-hydrogen) atoms. The van der Waals surface area contributed by atoms with Crippen molar-refractivity contribution in [2.24, 2.45) is 0 Å². The van der Waals surface area contributed by atoms with Gasteiger partial charge in [0, 0.05) is 54.1 Å². The summed E-state index contributed by atoms with van der Waals surface area (Å²) in [5.41, 5.74) is 3.39. The van der Waals surface area contributed by atoms with Crippen molar-refractivity contribution >= 4 is 39.1 Å². The molecule has 0 N–H and O–H groups in total. The Labute approximate surface area is 312 Å². The summed E-state index contributed by atoms with van der Waals surface area (Å²) in [5.74, 6) is 0.701. The molecule has 1 aliphatic carbocycles. The van der Waals surface area contributed by atoms with Gasteiger partial charge in [-0.05, 0) is 74.7 Å². The maximum atomic E-state index is 14.2. The Hall–Kier alpha value is -4.29. The highest BCUT2D eigenvalue weighted by atomic mass is 35.5. The first-order valence-corrected chi connectivity index (χ1v) is 18.8. The second-order valence-electron chi connectivity index (χ2n) is 13.3. The van der Waals surface area contributed by atoms with E-state index in [4.69, 9.17) is 30.5 Å². The maximum absolute atomic E-state index is 14.2. The number of esters is 1. The fourth-order valence-corrected chi connectivity index (χ4v) is 8.41. The molecular formula is C40H42ClFN4O5S. The molecule has 12 heteroatoms. The van der Waals surface area contributed by atoms with Crippen LogP contribution in [0.25, 0.3) is 31.8 Å². The standard InChI is InChI=1S/C40H42ClFN4O5S/c1-5-49-39(47)36(40(16-17-40)29-8-6-7-9-30(29)48-4)51-37-33-32(35(52-38(33)44-24-43-37)26-10-12-27(42)13-11-26)28-14-15-31(34(41)25(28)2)50-23-22-46-20-18-45(3)19-21-46/h6-15,24,36H,5,16-23H2,1-4H3. The highest BCUT2D eigenvalue weighted by Crippen LogP contribution is 2.56. The summed E-state index contributed by atoms with van der Waals surface area (Å²) in [6.45, 7) is 9.34. The van der Waals surface area contributed by atoms with E-state index in [0.29, 0.717) is 46.2 Å². The van der Waals surface area contributed by atoms with Crippen LogP contribution in [0, 0.1) is 12.7 Å². The van der Waals surface area contributed by atoms with E-state index in [9.17, 15) is 9.18 Å². The highest BCUT2D eigenvalue weighted by molar-refractivity contribution is 7.22. The summed E-state index contributed by atoms with van der Waals surface area (Å²) in [7, 11) is 3.76. The zero-order valence-electron chi connectivity index (χ0n) is 29.8. The molecule has 1 aliphatic heterocycles. The number of methoxy groups -OCH3 is 1. The molecule has 0 amide bonds. The van der Waals surface area contributed by atoms with Gasteiger partial charge in [-0.2, -0.15) is 0 Å². The first-order valence-electron chi connectivity index (χ1n) is 17.6. The lowest BCUT2D eigenvalue weighted by molar-refractivity contribution is -0.153. The number of fused-ring (bicyclic) bond motifs is 1. The molecule has 2 aliphatic rings. The summed E-state index contributed by atoms with van der Waals surface area (Å²) in [6.07, 6.45) is 1.83. The van der Waals surface area contributed by atoms with Crippen LogP contribution in [0.3, 0.4) is 0 Å². The molecule has 1 saturated heterocycles. The lowest BCUT2D eigenvalue weighted by Crippen LogP contribution is -2.45. The van der Waals surface area contributed by atoms with Crippen molar-refractivity contribution in [3.8, 4) is 38.9 Å². The van der Waals surface area contributed by atoms with E-state index in [0.717, 1.165) is 65.4 Å². The fraction of sp³-hybridized carbons (Fsp3) is 0.375. The van der Waals surface area contributed by atoms with Crippen molar-refractivity contribution < 1.29 is 28.1 Å². The summed E-state index contributed by atoms with van der Waals surface area (Å²) in [5, 5.41) is 1.12. The van der Waals surface area contributed by atoms with Gasteiger partial charge in [-0.1, -0.05) is 48.0 Å². The Bertz CT molecular complexity index is 2060. The molecule has 2 fully saturated rings. The molecule has 1 saturated carbocycles.